The standard InChI is InChI=1S/C15H14N2O5S/c1-10(18)16-12-4-8-14(9-5-12)23(21,22)13-6-2-11(3-7-13)15(19)17-20/h2-9,20H,1H3,(H,16,18)(H,17,19). The van der Waals surface area contributed by atoms with E-state index in [9.17, 15) is 18.0 Å². The first-order valence-electron chi connectivity index (χ1n) is 6.52. The zero-order chi connectivity index (χ0) is 17.0. The summed E-state index contributed by atoms with van der Waals surface area (Å²) in [5, 5.41) is 11.1. The minimum absolute atomic E-state index is 0.0132. The summed E-state index contributed by atoms with van der Waals surface area (Å²) in [4.78, 5) is 22.2. The van der Waals surface area contributed by atoms with E-state index in [1.807, 2.05) is 0 Å². The largest absolute Gasteiger partial charge is 0.326 e. The monoisotopic (exact) mass is 334 g/mol. The molecule has 0 aliphatic rings. The van der Waals surface area contributed by atoms with Crippen LogP contribution in [0.4, 0.5) is 5.69 Å². The molecular weight excluding hydrogens is 320 g/mol. The molecule has 0 bridgehead atoms. The van der Waals surface area contributed by atoms with Gasteiger partial charge in [-0.3, -0.25) is 14.8 Å². The number of carbonyl (C=O) groups is 2. The first-order valence-corrected chi connectivity index (χ1v) is 8.00. The lowest BCUT2D eigenvalue weighted by atomic mass is 10.2. The van der Waals surface area contributed by atoms with E-state index < -0.39 is 15.7 Å². The summed E-state index contributed by atoms with van der Waals surface area (Å²) >= 11 is 0. The number of rotatable bonds is 4. The fourth-order valence-electron chi connectivity index (χ4n) is 1.91. The van der Waals surface area contributed by atoms with Crippen molar-refractivity contribution in [2.75, 3.05) is 5.32 Å². The Hall–Kier alpha value is -2.71. The average molecular weight is 334 g/mol. The van der Waals surface area contributed by atoms with Gasteiger partial charge in [0.05, 0.1) is 9.79 Å². The van der Waals surface area contributed by atoms with Crippen LogP contribution in [-0.4, -0.2) is 25.4 Å². The molecule has 0 fully saturated rings. The number of carbonyl (C=O) groups excluding carboxylic acids is 2. The van der Waals surface area contributed by atoms with Crippen LogP contribution in [0.3, 0.4) is 0 Å². The van der Waals surface area contributed by atoms with Crippen LogP contribution in [0.5, 0.6) is 0 Å². The Kier molecular flexibility index (Phi) is 4.77. The van der Waals surface area contributed by atoms with Gasteiger partial charge in [0, 0.05) is 18.2 Å². The van der Waals surface area contributed by atoms with Crippen LogP contribution < -0.4 is 10.8 Å². The molecule has 120 valence electrons. The van der Waals surface area contributed by atoms with Crippen molar-refractivity contribution in [2.24, 2.45) is 0 Å². The Bertz CT molecular complexity index is 827. The third-order valence-electron chi connectivity index (χ3n) is 3.01. The van der Waals surface area contributed by atoms with Crippen molar-refractivity contribution in [1.29, 1.82) is 0 Å². The Morgan fingerprint density at radius 2 is 1.39 bits per heavy atom. The van der Waals surface area contributed by atoms with Crippen LogP contribution in [0.15, 0.2) is 58.3 Å². The second-order valence-electron chi connectivity index (χ2n) is 4.67. The van der Waals surface area contributed by atoms with Gasteiger partial charge >= 0.3 is 0 Å². The van der Waals surface area contributed by atoms with E-state index in [1.165, 1.54) is 60.9 Å². The van der Waals surface area contributed by atoms with Gasteiger partial charge in [-0.1, -0.05) is 0 Å². The van der Waals surface area contributed by atoms with E-state index in [0.29, 0.717) is 5.69 Å². The van der Waals surface area contributed by atoms with Gasteiger partial charge < -0.3 is 5.32 Å². The first kappa shape index (κ1) is 16.7. The number of anilines is 1. The minimum Gasteiger partial charge on any atom is -0.326 e. The van der Waals surface area contributed by atoms with Crippen molar-refractivity contribution in [2.45, 2.75) is 16.7 Å². The molecule has 2 amide bonds. The molecule has 23 heavy (non-hydrogen) atoms. The van der Waals surface area contributed by atoms with E-state index in [-0.39, 0.29) is 21.3 Å². The Morgan fingerprint density at radius 3 is 1.83 bits per heavy atom. The van der Waals surface area contributed by atoms with Gasteiger partial charge in [0.2, 0.25) is 15.7 Å². The fourth-order valence-corrected chi connectivity index (χ4v) is 3.17. The van der Waals surface area contributed by atoms with Crippen LogP contribution >= 0.6 is 0 Å². The summed E-state index contributed by atoms with van der Waals surface area (Å²) in [5.74, 6) is -0.980. The lowest BCUT2D eigenvalue weighted by molar-refractivity contribution is -0.114. The van der Waals surface area contributed by atoms with Gasteiger partial charge in [0.25, 0.3) is 5.91 Å². The number of sulfone groups is 1. The molecule has 2 aromatic rings. The lowest BCUT2D eigenvalue weighted by Crippen LogP contribution is -2.18. The second kappa shape index (κ2) is 6.59. The van der Waals surface area contributed by atoms with E-state index in [4.69, 9.17) is 5.21 Å². The maximum absolute atomic E-state index is 12.5. The molecular formula is C15H14N2O5S. The first-order chi connectivity index (χ1) is 10.8. The van der Waals surface area contributed by atoms with Crippen molar-refractivity contribution in [3.8, 4) is 0 Å². The molecule has 0 spiro atoms. The molecule has 0 saturated carbocycles. The Balaban J connectivity index is 2.30. The molecule has 0 saturated heterocycles. The number of hydrogen-bond donors (Lipinski definition) is 3. The fraction of sp³-hybridized carbons (Fsp3) is 0.0667. The summed E-state index contributed by atoms with van der Waals surface area (Å²) in [7, 11) is -3.74. The van der Waals surface area contributed by atoms with Crippen molar-refractivity contribution >= 4 is 27.3 Å². The van der Waals surface area contributed by atoms with Crippen LogP contribution in [0.2, 0.25) is 0 Å². The third-order valence-corrected chi connectivity index (χ3v) is 4.80. The quantitative estimate of drug-likeness (QED) is 0.581. The lowest BCUT2D eigenvalue weighted by Gasteiger charge is -2.07. The molecule has 0 aromatic heterocycles. The highest BCUT2D eigenvalue weighted by Gasteiger charge is 2.18. The SMILES string of the molecule is CC(=O)Nc1ccc(S(=O)(=O)c2ccc(C(=O)NO)cc2)cc1. The highest BCUT2D eigenvalue weighted by molar-refractivity contribution is 7.91. The smallest absolute Gasteiger partial charge is 0.274 e. The maximum Gasteiger partial charge on any atom is 0.274 e. The van der Waals surface area contributed by atoms with Crippen LogP contribution in [0.1, 0.15) is 17.3 Å². The second-order valence-corrected chi connectivity index (χ2v) is 6.62. The molecule has 0 atom stereocenters. The highest BCUT2D eigenvalue weighted by atomic mass is 32.2. The zero-order valence-corrected chi connectivity index (χ0v) is 12.9. The van der Waals surface area contributed by atoms with Crippen molar-refractivity contribution < 1.29 is 23.2 Å². The van der Waals surface area contributed by atoms with Crippen molar-refractivity contribution in [1.82, 2.24) is 5.48 Å². The van der Waals surface area contributed by atoms with E-state index in [1.54, 1.807) is 0 Å². The van der Waals surface area contributed by atoms with E-state index in [2.05, 4.69) is 5.32 Å². The summed E-state index contributed by atoms with van der Waals surface area (Å²) in [6, 6.07) is 10.9. The Morgan fingerprint density at radius 1 is 0.913 bits per heavy atom. The number of benzene rings is 2. The van der Waals surface area contributed by atoms with Crippen LogP contribution in [0.25, 0.3) is 0 Å². The van der Waals surface area contributed by atoms with Gasteiger partial charge in [-0.2, -0.15) is 0 Å². The molecule has 7 nitrogen and oxygen atoms in total. The molecule has 0 aliphatic heterocycles. The molecule has 0 heterocycles. The highest BCUT2D eigenvalue weighted by Crippen LogP contribution is 2.22. The predicted octanol–water partition coefficient (Wildman–Crippen LogP) is 1.60. The average Bonchev–Trinajstić information content (AvgIpc) is 2.54. The molecule has 0 aliphatic carbocycles. The van der Waals surface area contributed by atoms with Gasteiger partial charge in [-0.25, -0.2) is 13.9 Å². The van der Waals surface area contributed by atoms with Crippen LogP contribution in [0, 0.1) is 0 Å². The predicted molar refractivity (Wildman–Crippen MR) is 81.9 cm³/mol. The minimum atomic E-state index is -3.74. The van der Waals surface area contributed by atoms with Crippen LogP contribution in [-0.2, 0) is 14.6 Å². The molecule has 8 heteroatoms. The van der Waals surface area contributed by atoms with Crippen molar-refractivity contribution in [3.05, 3.63) is 54.1 Å². The van der Waals surface area contributed by atoms with Crippen molar-refractivity contribution in [3.63, 3.8) is 0 Å². The Labute approximate surface area is 132 Å². The van der Waals surface area contributed by atoms with E-state index >= 15 is 0 Å². The maximum atomic E-state index is 12.5. The molecule has 2 aromatic carbocycles. The van der Waals surface area contributed by atoms with Gasteiger partial charge in [0.1, 0.15) is 0 Å². The van der Waals surface area contributed by atoms with E-state index in [0.717, 1.165) is 0 Å². The zero-order valence-electron chi connectivity index (χ0n) is 12.1. The summed E-state index contributed by atoms with van der Waals surface area (Å²) in [6.07, 6.45) is 0. The number of hydroxylamine groups is 1. The summed E-state index contributed by atoms with van der Waals surface area (Å²) in [6.45, 7) is 1.36. The summed E-state index contributed by atoms with van der Waals surface area (Å²) in [5.41, 5.74) is 2.09. The topological polar surface area (TPSA) is 113 Å². The third kappa shape index (κ3) is 3.74. The number of hydrogen-bond acceptors (Lipinski definition) is 5. The molecule has 0 radical (unpaired) electrons. The van der Waals surface area contributed by atoms with Gasteiger partial charge in [-0.15, -0.1) is 0 Å². The molecule has 3 N–H and O–H groups in total. The normalized spacial score (nSPS) is 10.9. The van der Waals surface area contributed by atoms with Gasteiger partial charge in [0.15, 0.2) is 0 Å². The summed E-state index contributed by atoms with van der Waals surface area (Å²) < 4.78 is 25.0. The van der Waals surface area contributed by atoms with Gasteiger partial charge in [-0.05, 0) is 48.5 Å². The number of nitrogens with one attached hydrogen (secondary N) is 2. The number of amides is 2. The molecule has 2 rings (SSSR count). The molecule has 0 unspecified atom stereocenters.